The second-order valence-electron chi connectivity index (χ2n) is 5.10. The molecule has 17 heavy (non-hydrogen) atoms. The molecule has 2 unspecified atom stereocenters. The topological polar surface area (TPSA) is 12.5 Å². The number of hydrogen-bond acceptors (Lipinski definition) is 3. The van der Waals surface area contributed by atoms with E-state index in [1.807, 2.05) is 19.9 Å². The van der Waals surface area contributed by atoms with Crippen LogP contribution >= 0.6 is 12.6 Å². The highest BCUT2D eigenvalue weighted by Gasteiger charge is 2.26. The molecule has 0 spiro atoms. The maximum Gasteiger partial charge on any atom is 0.121 e. The van der Waals surface area contributed by atoms with Crippen LogP contribution in [0.3, 0.4) is 0 Å². The minimum Gasteiger partial charge on any atom is -0.491 e. The summed E-state index contributed by atoms with van der Waals surface area (Å²) >= 11 is 4.68. The molecule has 1 aliphatic heterocycles. The first kappa shape index (κ1) is 12.6. The summed E-state index contributed by atoms with van der Waals surface area (Å²) in [4.78, 5) is 2.31. The van der Waals surface area contributed by atoms with E-state index in [4.69, 9.17) is 4.74 Å². The van der Waals surface area contributed by atoms with Crippen molar-refractivity contribution in [3.05, 3.63) is 23.8 Å². The Hall–Kier alpha value is -0.830. The predicted octanol–water partition coefficient (Wildman–Crippen LogP) is 3.67. The van der Waals surface area contributed by atoms with Crippen molar-refractivity contribution >= 4 is 18.3 Å². The molecule has 94 valence electrons. The number of ether oxygens (including phenoxy) is 1. The maximum atomic E-state index is 5.75. The van der Waals surface area contributed by atoms with Crippen LogP contribution in [0.1, 0.15) is 38.0 Å². The minimum atomic E-state index is 0.214. The summed E-state index contributed by atoms with van der Waals surface area (Å²) in [6.07, 6.45) is 1.31. The molecule has 0 saturated carbocycles. The Balaban J connectivity index is 2.36. The number of fused-ring (bicyclic) bond motifs is 1. The van der Waals surface area contributed by atoms with Gasteiger partial charge in [-0.05, 0) is 38.8 Å². The zero-order valence-corrected chi connectivity index (χ0v) is 11.9. The van der Waals surface area contributed by atoms with Gasteiger partial charge in [0.2, 0.25) is 0 Å². The Morgan fingerprint density at radius 3 is 2.76 bits per heavy atom. The van der Waals surface area contributed by atoms with Crippen LogP contribution in [0.2, 0.25) is 0 Å². The van der Waals surface area contributed by atoms with Gasteiger partial charge in [0.1, 0.15) is 5.75 Å². The van der Waals surface area contributed by atoms with Gasteiger partial charge >= 0.3 is 0 Å². The van der Waals surface area contributed by atoms with E-state index in [1.165, 1.54) is 11.3 Å². The first-order valence-corrected chi connectivity index (χ1v) is 6.72. The molecule has 3 heteroatoms. The standard InChI is InChI=1S/C14H21NOS/c1-9(2)16-11-5-6-12-13(8-11)15(4)10(3)7-14(12)17/h5-6,8-10,14,17H,7H2,1-4H3. The van der Waals surface area contributed by atoms with Crippen LogP contribution in [0.25, 0.3) is 0 Å². The summed E-state index contributed by atoms with van der Waals surface area (Å²) in [5.41, 5.74) is 2.56. The average Bonchev–Trinajstić information content (AvgIpc) is 2.25. The molecule has 0 saturated heterocycles. The SMILES string of the molecule is CC(C)Oc1ccc2c(c1)N(C)C(C)CC2S. The largest absolute Gasteiger partial charge is 0.491 e. The lowest BCUT2D eigenvalue weighted by molar-refractivity contribution is 0.242. The Morgan fingerprint density at radius 1 is 1.41 bits per heavy atom. The zero-order valence-electron chi connectivity index (χ0n) is 11.0. The van der Waals surface area contributed by atoms with E-state index >= 15 is 0 Å². The van der Waals surface area contributed by atoms with Crippen LogP contribution in [0.15, 0.2) is 18.2 Å². The van der Waals surface area contributed by atoms with Crippen LogP contribution in [0.5, 0.6) is 5.75 Å². The van der Waals surface area contributed by atoms with Gasteiger partial charge in [-0.2, -0.15) is 12.6 Å². The molecule has 0 aromatic heterocycles. The monoisotopic (exact) mass is 251 g/mol. The van der Waals surface area contributed by atoms with Crippen molar-refractivity contribution in [3.63, 3.8) is 0 Å². The second kappa shape index (κ2) is 4.81. The molecule has 0 fully saturated rings. The van der Waals surface area contributed by atoms with E-state index in [-0.39, 0.29) is 6.10 Å². The molecule has 0 radical (unpaired) electrons. The third-order valence-electron chi connectivity index (χ3n) is 3.34. The highest BCUT2D eigenvalue weighted by molar-refractivity contribution is 7.80. The molecule has 0 amide bonds. The molecule has 2 atom stereocenters. The van der Waals surface area contributed by atoms with Crippen LogP contribution in [-0.2, 0) is 0 Å². The molecular weight excluding hydrogens is 230 g/mol. The van der Waals surface area contributed by atoms with Gasteiger partial charge in [0.25, 0.3) is 0 Å². The lowest BCUT2D eigenvalue weighted by atomic mass is 9.96. The van der Waals surface area contributed by atoms with E-state index in [0.29, 0.717) is 11.3 Å². The third kappa shape index (κ3) is 2.54. The van der Waals surface area contributed by atoms with Gasteiger partial charge in [-0.25, -0.2) is 0 Å². The fourth-order valence-electron chi connectivity index (χ4n) is 2.30. The van der Waals surface area contributed by atoms with E-state index in [9.17, 15) is 0 Å². The summed E-state index contributed by atoms with van der Waals surface area (Å²) in [6, 6.07) is 6.85. The molecule has 0 bridgehead atoms. The Kier molecular flexibility index (Phi) is 3.57. The van der Waals surface area contributed by atoms with Gasteiger partial charge in [-0.1, -0.05) is 6.07 Å². The molecule has 2 nitrogen and oxygen atoms in total. The molecule has 0 N–H and O–H groups in total. The third-order valence-corrected chi connectivity index (χ3v) is 3.83. The number of anilines is 1. The van der Waals surface area contributed by atoms with Gasteiger partial charge in [0.05, 0.1) is 6.10 Å². The number of nitrogens with zero attached hydrogens (tertiary/aromatic N) is 1. The van der Waals surface area contributed by atoms with E-state index < -0.39 is 0 Å². The van der Waals surface area contributed by atoms with Crippen molar-refractivity contribution in [2.75, 3.05) is 11.9 Å². The van der Waals surface area contributed by atoms with E-state index in [0.717, 1.165) is 12.2 Å². The zero-order chi connectivity index (χ0) is 12.6. The van der Waals surface area contributed by atoms with Gasteiger partial charge in [-0.3, -0.25) is 0 Å². The first-order valence-electron chi connectivity index (χ1n) is 6.20. The summed E-state index contributed by atoms with van der Waals surface area (Å²) in [5, 5.41) is 0.337. The Bertz CT molecular complexity index is 405. The number of hydrogen-bond donors (Lipinski definition) is 1. The van der Waals surface area contributed by atoms with Gasteiger partial charge < -0.3 is 9.64 Å². The molecular formula is C14H21NOS. The van der Waals surface area contributed by atoms with Gasteiger partial charge in [0, 0.05) is 30.1 Å². The highest BCUT2D eigenvalue weighted by atomic mass is 32.1. The van der Waals surface area contributed by atoms with Crippen LogP contribution in [0.4, 0.5) is 5.69 Å². The fourth-order valence-corrected chi connectivity index (χ4v) is 2.83. The summed E-state index contributed by atoms with van der Waals surface area (Å²) < 4.78 is 5.75. The summed E-state index contributed by atoms with van der Waals surface area (Å²) in [5.74, 6) is 0.945. The van der Waals surface area contributed by atoms with Gasteiger partial charge in [0.15, 0.2) is 0 Å². The van der Waals surface area contributed by atoms with Crippen molar-refractivity contribution in [1.29, 1.82) is 0 Å². The molecule has 1 aromatic carbocycles. The van der Waals surface area contributed by atoms with E-state index in [1.54, 1.807) is 0 Å². The highest BCUT2D eigenvalue weighted by Crippen LogP contribution is 2.41. The Labute approximate surface area is 109 Å². The number of thiol groups is 1. The van der Waals surface area contributed by atoms with Crippen LogP contribution in [-0.4, -0.2) is 19.2 Å². The average molecular weight is 251 g/mol. The normalized spacial score (nSPS) is 23.8. The lowest BCUT2D eigenvalue weighted by Gasteiger charge is -2.37. The molecule has 1 heterocycles. The van der Waals surface area contributed by atoms with Crippen molar-refractivity contribution in [2.24, 2.45) is 0 Å². The number of benzene rings is 1. The van der Waals surface area contributed by atoms with Crippen molar-refractivity contribution in [1.82, 2.24) is 0 Å². The summed E-state index contributed by atoms with van der Waals surface area (Å²) in [7, 11) is 2.14. The lowest BCUT2D eigenvalue weighted by Crippen LogP contribution is -2.34. The second-order valence-corrected chi connectivity index (χ2v) is 5.72. The van der Waals surface area contributed by atoms with E-state index in [2.05, 4.69) is 43.6 Å². The molecule has 2 rings (SSSR count). The molecule has 1 aromatic rings. The predicted molar refractivity (Wildman–Crippen MR) is 76.4 cm³/mol. The van der Waals surface area contributed by atoms with Crippen molar-refractivity contribution < 1.29 is 4.74 Å². The van der Waals surface area contributed by atoms with Gasteiger partial charge in [-0.15, -0.1) is 0 Å². The maximum absolute atomic E-state index is 5.75. The van der Waals surface area contributed by atoms with Crippen molar-refractivity contribution in [3.8, 4) is 5.75 Å². The first-order chi connectivity index (χ1) is 7.99. The summed E-state index contributed by atoms with van der Waals surface area (Å²) in [6.45, 7) is 6.34. The number of rotatable bonds is 2. The smallest absolute Gasteiger partial charge is 0.121 e. The van der Waals surface area contributed by atoms with Crippen LogP contribution < -0.4 is 9.64 Å². The van der Waals surface area contributed by atoms with Crippen molar-refractivity contribution in [2.45, 2.75) is 44.6 Å². The fraction of sp³-hybridized carbons (Fsp3) is 0.571. The molecule has 1 aliphatic rings. The van der Waals surface area contributed by atoms with Crippen LogP contribution in [0, 0.1) is 0 Å². The molecule has 0 aliphatic carbocycles. The quantitative estimate of drug-likeness (QED) is 0.805. The minimum absolute atomic E-state index is 0.214. The Morgan fingerprint density at radius 2 is 2.12 bits per heavy atom.